The van der Waals surface area contributed by atoms with Crippen molar-refractivity contribution in [2.75, 3.05) is 10.2 Å². The molecule has 0 unspecified atom stereocenters. The molecule has 2 aromatic heterocycles. The smallest absolute Gasteiger partial charge is 0.226 e. The van der Waals surface area contributed by atoms with Crippen molar-refractivity contribution in [3.8, 4) is 11.3 Å². The summed E-state index contributed by atoms with van der Waals surface area (Å²) in [6, 6.07) is 18.6. The fraction of sp³-hybridized carbons (Fsp3) is 0.179. The summed E-state index contributed by atoms with van der Waals surface area (Å²) in [5, 5.41) is 7.02. The van der Waals surface area contributed by atoms with Crippen LogP contribution >= 0.6 is 39.7 Å². The van der Waals surface area contributed by atoms with Gasteiger partial charge in [-0.2, -0.15) is 0 Å². The zero-order chi connectivity index (χ0) is 27.0. The fourth-order valence-electron chi connectivity index (χ4n) is 4.30. The minimum Gasteiger partial charge on any atom is -0.459 e. The molecule has 38 heavy (non-hydrogen) atoms. The Morgan fingerprint density at radius 1 is 1.18 bits per heavy atom. The van der Waals surface area contributed by atoms with Gasteiger partial charge in [0.15, 0.2) is 5.11 Å². The Kier molecular flexibility index (Phi) is 7.52. The number of hydrogen-bond acceptors (Lipinski definition) is 4. The molecule has 1 aliphatic rings. The van der Waals surface area contributed by atoms with Gasteiger partial charge in [-0.1, -0.05) is 47.4 Å². The van der Waals surface area contributed by atoms with Crippen molar-refractivity contribution in [1.82, 2.24) is 10.3 Å². The highest BCUT2D eigenvalue weighted by molar-refractivity contribution is 9.10. The number of rotatable bonds is 6. The van der Waals surface area contributed by atoms with E-state index in [4.69, 9.17) is 28.2 Å². The summed E-state index contributed by atoms with van der Waals surface area (Å²) in [7, 11) is 0. The maximum Gasteiger partial charge on any atom is 0.226 e. The fourth-order valence-corrected chi connectivity index (χ4v) is 5.20. The Morgan fingerprint density at radius 3 is 2.68 bits per heavy atom. The third-order valence-electron chi connectivity index (χ3n) is 6.23. The van der Waals surface area contributed by atoms with Gasteiger partial charge in [-0.05, 0) is 72.9 Å². The molecule has 5 rings (SSSR count). The minimum atomic E-state index is -0.447. The molecule has 1 fully saturated rings. The van der Waals surface area contributed by atoms with Crippen molar-refractivity contribution in [3.63, 3.8) is 0 Å². The van der Waals surface area contributed by atoms with Gasteiger partial charge in [0.25, 0.3) is 0 Å². The highest BCUT2D eigenvalue weighted by Gasteiger charge is 2.42. The highest BCUT2D eigenvalue weighted by atomic mass is 79.9. The largest absolute Gasteiger partial charge is 0.459 e. The quantitative estimate of drug-likeness (QED) is 0.218. The molecule has 0 aliphatic carbocycles. The Morgan fingerprint density at radius 2 is 2.00 bits per heavy atom. The van der Waals surface area contributed by atoms with Crippen molar-refractivity contribution in [2.24, 2.45) is 5.92 Å². The molecule has 2 aromatic carbocycles. The number of anilines is 2. The number of furan rings is 1. The number of amides is 1. The minimum absolute atomic E-state index is 0.130. The van der Waals surface area contributed by atoms with E-state index >= 15 is 0 Å². The van der Waals surface area contributed by atoms with E-state index in [0.29, 0.717) is 43.1 Å². The SMILES string of the molecule is CC(C)C(=O)Nc1ccc(N2C(=S)N[C@@H](c3ccccn3)[C@H]2c2ccc(-c3ccc(Br)cc3F)o2)cc1Cl. The number of thiocarbonyl (C=S) groups is 1. The predicted molar refractivity (Wildman–Crippen MR) is 155 cm³/mol. The van der Waals surface area contributed by atoms with E-state index in [2.05, 4.69) is 31.5 Å². The molecule has 1 aliphatic heterocycles. The molecule has 10 heteroatoms. The standard InChI is InChI=1S/C28H23BrClFN4O2S/c1-15(2)27(36)33-21-9-7-17(14-19(21)30)35-26(25(34-28(35)38)22-5-3-4-12-32-22)24-11-10-23(37-24)18-8-6-16(29)13-20(18)31/h3-15,25-26H,1-2H3,(H,33,36)(H,34,38)/t25-,26+/m0/s1. The maximum atomic E-state index is 14.7. The van der Waals surface area contributed by atoms with Crippen molar-refractivity contribution in [2.45, 2.75) is 25.9 Å². The average molecular weight is 614 g/mol. The number of aromatic nitrogens is 1. The number of nitrogens with one attached hydrogen (secondary N) is 2. The molecule has 2 atom stereocenters. The second-order valence-corrected chi connectivity index (χ2v) is 10.8. The Labute approximate surface area is 238 Å². The van der Waals surface area contributed by atoms with Crippen LogP contribution in [0.5, 0.6) is 0 Å². The highest BCUT2D eigenvalue weighted by Crippen LogP contribution is 2.44. The molecular formula is C28H23BrClFN4O2S. The third kappa shape index (κ3) is 5.18. The van der Waals surface area contributed by atoms with E-state index in [1.165, 1.54) is 6.07 Å². The summed E-state index contributed by atoms with van der Waals surface area (Å²) in [5.74, 6) is 0.248. The first kappa shape index (κ1) is 26.3. The summed E-state index contributed by atoms with van der Waals surface area (Å²) in [5.41, 5.74) is 2.33. The van der Waals surface area contributed by atoms with Crippen molar-refractivity contribution in [3.05, 3.63) is 99.7 Å². The van der Waals surface area contributed by atoms with E-state index in [9.17, 15) is 9.18 Å². The molecule has 2 N–H and O–H groups in total. The summed E-state index contributed by atoms with van der Waals surface area (Å²) >= 11 is 15.6. The van der Waals surface area contributed by atoms with Gasteiger partial charge in [-0.3, -0.25) is 9.78 Å². The molecule has 3 heterocycles. The van der Waals surface area contributed by atoms with Crippen LogP contribution in [0.25, 0.3) is 11.3 Å². The zero-order valence-corrected chi connectivity index (χ0v) is 23.6. The van der Waals surface area contributed by atoms with Gasteiger partial charge in [0.1, 0.15) is 23.4 Å². The molecule has 6 nitrogen and oxygen atoms in total. The van der Waals surface area contributed by atoms with Crippen LogP contribution in [0.3, 0.4) is 0 Å². The number of benzene rings is 2. The number of hydrogen-bond donors (Lipinski definition) is 2. The van der Waals surface area contributed by atoms with Gasteiger partial charge >= 0.3 is 0 Å². The molecule has 0 saturated carbocycles. The van der Waals surface area contributed by atoms with Crippen LogP contribution in [-0.2, 0) is 4.79 Å². The van der Waals surface area contributed by atoms with Crippen LogP contribution in [0, 0.1) is 11.7 Å². The van der Waals surface area contributed by atoms with Crippen molar-refractivity contribution in [1.29, 1.82) is 0 Å². The molecule has 0 spiro atoms. The van der Waals surface area contributed by atoms with Crippen LogP contribution in [-0.4, -0.2) is 16.0 Å². The summed E-state index contributed by atoms with van der Waals surface area (Å²) < 4.78 is 21.6. The van der Waals surface area contributed by atoms with E-state index in [1.54, 1.807) is 36.5 Å². The normalized spacial score (nSPS) is 17.1. The first-order chi connectivity index (χ1) is 18.2. The number of carbonyl (C=O) groups is 1. The van der Waals surface area contributed by atoms with Gasteiger partial charge in [0.05, 0.1) is 28.0 Å². The van der Waals surface area contributed by atoms with Crippen LogP contribution in [0.2, 0.25) is 5.02 Å². The van der Waals surface area contributed by atoms with Gasteiger partial charge in [-0.25, -0.2) is 4.39 Å². The summed E-state index contributed by atoms with van der Waals surface area (Å²) in [6.45, 7) is 3.62. The monoisotopic (exact) mass is 612 g/mol. The first-order valence-electron chi connectivity index (χ1n) is 11.9. The number of halogens is 3. The van der Waals surface area contributed by atoms with Gasteiger partial charge in [0.2, 0.25) is 5.91 Å². The maximum absolute atomic E-state index is 14.7. The topological polar surface area (TPSA) is 70.4 Å². The van der Waals surface area contributed by atoms with Crippen molar-refractivity contribution < 1.29 is 13.6 Å². The van der Waals surface area contributed by atoms with E-state index in [1.807, 2.05) is 49.1 Å². The summed E-state index contributed by atoms with van der Waals surface area (Å²) in [6.07, 6.45) is 1.72. The zero-order valence-electron chi connectivity index (χ0n) is 20.4. The van der Waals surface area contributed by atoms with Crippen LogP contribution in [0.4, 0.5) is 15.8 Å². The lowest BCUT2D eigenvalue weighted by Crippen LogP contribution is -2.29. The number of carbonyl (C=O) groups excluding carboxylic acids is 1. The molecular weight excluding hydrogens is 591 g/mol. The second-order valence-electron chi connectivity index (χ2n) is 9.13. The predicted octanol–water partition coefficient (Wildman–Crippen LogP) is 7.67. The molecule has 1 saturated heterocycles. The lowest BCUT2D eigenvalue weighted by atomic mass is 10.0. The van der Waals surface area contributed by atoms with E-state index < -0.39 is 11.9 Å². The lowest BCUT2D eigenvalue weighted by Gasteiger charge is -2.26. The lowest BCUT2D eigenvalue weighted by molar-refractivity contribution is -0.118. The second kappa shape index (κ2) is 10.8. The first-order valence-corrected chi connectivity index (χ1v) is 13.5. The molecule has 0 bridgehead atoms. The average Bonchev–Trinajstić information content (AvgIpc) is 3.50. The number of pyridine rings is 1. The number of nitrogens with zero attached hydrogens (tertiary/aromatic N) is 2. The van der Waals surface area contributed by atoms with E-state index in [-0.39, 0.29) is 17.9 Å². The molecule has 0 radical (unpaired) electrons. The van der Waals surface area contributed by atoms with Crippen LogP contribution in [0.1, 0.15) is 37.4 Å². The van der Waals surface area contributed by atoms with Gasteiger partial charge in [0, 0.05) is 22.3 Å². The van der Waals surface area contributed by atoms with Gasteiger partial charge < -0.3 is 20.0 Å². The van der Waals surface area contributed by atoms with Crippen LogP contribution in [0.15, 0.2) is 81.8 Å². The Balaban J connectivity index is 1.56. The Bertz CT molecular complexity index is 1510. The van der Waals surface area contributed by atoms with Gasteiger partial charge in [-0.15, -0.1) is 0 Å². The third-order valence-corrected chi connectivity index (χ3v) is 7.35. The Hall–Kier alpha value is -3.27. The summed E-state index contributed by atoms with van der Waals surface area (Å²) in [4.78, 5) is 18.6. The molecule has 4 aromatic rings. The van der Waals surface area contributed by atoms with Crippen LogP contribution < -0.4 is 15.5 Å². The van der Waals surface area contributed by atoms with E-state index in [0.717, 1.165) is 5.69 Å². The molecule has 194 valence electrons. The molecule has 1 amide bonds. The van der Waals surface area contributed by atoms with Crippen molar-refractivity contribution >= 4 is 62.1 Å².